The Kier molecular flexibility index (Phi) is 4.10. The van der Waals surface area contributed by atoms with Crippen molar-refractivity contribution in [2.24, 2.45) is 5.92 Å². The maximum atomic E-state index is 11.6. The van der Waals surface area contributed by atoms with Gasteiger partial charge in [-0.05, 0) is 50.0 Å². The van der Waals surface area contributed by atoms with Crippen molar-refractivity contribution in [1.82, 2.24) is 4.90 Å². The van der Waals surface area contributed by atoms with Gasteiger partial charge in [0.15, 0.2) is 0 Å². The molecule has 104 valence electrons. The van der Waals surface area contributed by atoms with Crippen molar-refractivity contribution in [2.75, 3.05) is 27.2 Å². The zero-order valence-corrected chi connectivity index (χ0v) is 11.7. The number of ether oxygens (including phenoxy) is 1. The normalized spacial score (nSPS) is 21.3. The van der Waals surface area contributed by atoms with Crippen molar-refractivity contribution in [3.8, 4) is 5.75 Å². The number of nitrogens with zero attached hydrogens (tertiary/aromatic N) is 1. The summed E-state index contributed by atoms with van der Waals surface area (Å²) in [6.07, 6.45) is 0.943. The van der Waals surface area contributed by atoms with Crippen molar-refractivity contribution in [2.45, 2.75) is 19.3 Å². The Balaban J connectivity index is 2.29. The van der Waals surface area contributed by atoms with Gasteiger partial charge in [0.1, 0.15) is 5.75 Å². The van der Waals surface area contributed by atoms with Crippen LogP contribution in [0.25, 0.3) is 0 Å². The van der Waals surface area contributed by atoms with Crippen molar-refractivity contribution in [1.29, 1.82) is 0 Å². The molecule has 19 heavy (non-hydrogen) atoms. The molecule has 4 heteroatoms. The number of rotatable bonds is 4. The fraction of sp³-hybridized carbons (Fsp3) is 0.533. The van der Waals surface area contributed by atoms with E-state index in [0.717, 1.165) is 36.4 Å². The van der Waals surface area contributed by atoms with Crippen molar-refractivity contribution in [3.05, 3.63) is 29.3 Å². The third kappa shape index (κ3) is 2.89. The molecule has 1 N–H and O–H groups in total. The van der Waals surface area contributed by atoms with Crippen LogP contribution in [0.15, 0.2) is 18.2 Å². The van der Waals surface area contributed by atoms with Crippen LogP contribution in [0.1, 0.15) is 23.5 Å². The van der Waals surface area contributed by atoms with E-state index in [9.17, 15) is 9.90 Å². The van der Waals surface area contributed by atoms with Crippen molar-refractivity contribution >= 4 is 5.97 Å². The van der Waals surface area contributed by atoms with Gasteiger partial charge in [0.05, 0.1) is 13.0 Å². The number of hydrogen-bond acceptors (Lipinski definition) is 3. The average Bonchev–Trinajstić information content (AvgIpc) is 2.75. The molecule has 0 amide bonds. The van der Waals surface area contributed by atoms with E-state index < -0.39 is 11.9 Å². The Bertz CT molecular complexity index is 472. The van der Waals surface area contributed by atoms with Gasteiger partial charge in [-0.25, -0.2) is 0 Å². The Morgan fingerprint density at radius 1 is 1.53 bits per heavy atom. The number of carbonyl (C=O) groups is 1. The Labute approximate surface area is 114 Å². The molecule has 4 nitrogen and oxygen atoms in total. The van der Waals surface area contributed by atoms with Crippen LogP contribution < -0.4 is 4.74 Å². The highest BCUT2D eigenvalue weighted by Gasteiger charge is 2.34. The second kappa shape index (κ2) is 5.61. The predicted molar refractivity (Wildman–Crippen MR) is 73.7 cm³/mol. The zero-order valence-electron chi connectivity index (χ0n) is 11.7. The van der Waals surface area contributed by atoms with Gasteiger partial charge in [-0.3, -0.25) is 4.79 Å². The van der Waals surface area contributed by atoms with E-state index in [0.29, 0.717) is 0 Å². The molecule has 1 aliphatic heterocycles. The van der Waals surface area contributed by atoms with Crippen LogP contribution in [0.2, 0.25) is 0 Å². The lowest BCUT2D eigenvalue weighted by Gasteiger charge is -2.21. The third-order valence-corrected chi connectivity index (χ3v) is 3.94. The molecule has 1 saturated heterocycles. The topological polar surface area (TPSA) is 49.8 Å². The standard InChI is InChI=1S/C15H21NO3/c1-10-8-11(4-5-13(10)19-3)14(15(17)18)12-6-7-16(2)9-12/h4-5,8,12,14H,6-7,9H2,1-3H3,(H,17,18). The lowest BCUT2D eigenvalue weighted by atomic mass is 9.85. The summed E-state index contributed by atoms with van der Waals surface area (Å²) in [7, 11) is 3.67. The molecule has 0 aromatic heterocycles. The lowest BCUT2D eigenvalue weighted by Crippen LogP contribution is -2.24. The molecule has 1 aromatic carbocycles. The number of carboxylic acid groups (broad SMARTS) is 1. The summed E-state index contributed by atoms with van der Waals surface area (Å²) in [5.41, 5.74) is 1.86. The molecule has 0 radical (unpaired) electrons. The summed E-state index contributed by atoms with van der Waals surface area (Å²) in [6.45, 7) is 3.77. The lowest BCUT2D eigenvalue weighted by molar-refractivity contribution is -0.140. The maximum Gasteiger partial charge on any atom is 0.311 e. The minimum Gasteiger partial charge on any atom is -0.496 e. The van der Waals surface area contributed by atoms with E-state index in [1.807, 2.05) is 32.2 Å². The van der Waals surface area contributed by atoms with Crippen LogP contribution >= 0.6 is 0 Å². The first-order chi connectivity index (χ1) is 9.02. The van der Waals surface area contributed by atoms with E-state index in [4.69, 9.17) is 4.74 Å². The Morgan fingerprint density at radius 3 is 2.74 bits per heavy atom. The first kappa shape index (κ1) is 13.9. The first-order valence-corrected chi connectivity index (χ1v) is 6.58. The van der Waals surface area contributed by atoms with E-state index in [1.165, 1.54) is 0 Å². The molecule has 2 unspecified atom stereocenters. The van der Waals surface area contributed by atoms with Gasteiger partial charge < -0.3 is 14.7 Å². The molecule has 0 bridgehead atoms. The summed E-state index contributed by atoms with van der Waals surface area (Å²) in [4.78, 5) is 13.8. The number of aliphatic carboxylic acids is 1. The van der Waals surface area contributed by atoms with E-state index in [1.54, 1.807) is 7.11 Å². The summed E-state index contributed by atoms with van der Waals surface area (Å²) in [6, 6.07) is 5.68. The number of methoxy groups -OCH3 is 1. The van der Waals surface area contributed by atoms with Gasteiger partial charge in [-0.1, -0.05) is 12.1 Å². The van der Waals surface area contributed by atoms with Crippen molar-refractivity contribution in [3.63, 3.8) is 0 Å². The number of hydrogen-bond donors (Lipinski definition) is 1. The molecular weight excluding hydrogens is 242 g/mol. The van der Waals surface area contributed by atoms with E-state index >= 15 is 0 Å². The predicted octanol–water partition coefficient (Wildman–Crippen LogP) is 2.12. The van der Waals surface area contributed by atoms with Crippen molar-refractivity contribution < 1.29 is 14.6 Å². The van der Waals surface area contributed by atoms with Crippen LogP contribution in [0, 0.1) is 12.8 Å². The van der Waals surface area contributed by atoms with Gasteiger partial charge in [0.25, 0.3) is 0 Å². The van der Waals surface area contributed by atoms with Crippen LogP contribution in [-0.4, -0.2) is 43.2 Å². The third-order valence-electron chi connectivity index (χ3n) is 3.94. The van der Waals surface area contributed by atoms with Crippen LogP contribution in [-0.2, 0) is 4.79 Å². The molecule has 0 spiro atoms. The van der Waals surface area contributed by atoms with E-state index in [2.05, 4.69) is 4.90 Å². The molecule has 2 rings (SSSR count). The average molecular weight is 263 g/mol. The minimum atomic E-state index is -0.732. The quantitative estimate of drug-likeness (QED) is 0.904. The zero-order chi connectivity index (χ0) is 14.0. The molecule has 0 saturated carbocycles. The summed E-state index contributed by atoms with van der Waals surface area (Å²) >= 11 is 0. The minimum absolute atomic E-state index is 0.190. The highest BCUT2D eigenvalue weighted by atomic mass is 16.5. The van der Waals surface area contributed by atoms with Gasteiger partial charge in [-0.2, -0.15) is 0 Å². The van der Waals surface area contributed by atoms with Crippen LogP contribution in [0.4, 0.5) is 0 Å². The van der Waals surface area contributed by atoms with Gasteiger partial charge in [-0.15, -0.1) is 0 Å². The highest BCUT2D eigenvalue weighted by molar-refractivity contribution is 5.77. The smallest absolute Gasteiger partial charge is 0.311 e. The molecule has 1 aromatic rings. The Hall–Kier alpha value is -1.55. The summed E-state index contributed by atoms with van der Waals surface area (Å²) in [5.74, 6) is -0.161. The Morgan fingerprint density at radius 2 is 2.26 bits per heavy atom. The van der Waals surface area contributed by atoms with Gasteiger partial charge >= 0.3 is 5.97 Å². The number of benzene rings is 1. The summed E-state index contributed by atoms with van der Waals surface area (Å²) < 4.78 is 5.23. The molecule has 1 aliphatic rings. The molecule has 0 aliphatic carbocycles. The molecular formula is C15H21NO3. The number of likely N-dealkylation sites (tertiary alicyclic amines) is 1. The van der Waals surface area contributed by atoms with Crippen LogP contribution in [0.3, 0.4) is 0 Å². The molecule has 1 heterocycles. The molecule has 2 atom stereocenters. The summed E-state index contributed by atoms with van der Waals surface area (Å²) in [5, 5.41) is 9.54. The molecule has 1 fully saturated rings. The highest BCUT2D eigenvalue weighted by Crippen LogP contribution is 2.33. The number of carboxylic acids is 1. The fourth-order valence-corrected chi connectivity index (χ4v) is 2.95. The second-order valence-electron chi connectivity index (χ2n) is 5.36. The van der Waals surface area contributed by atoms with E-state index in [-0.39, 0.29) is 5.92 Å². The SMILES string of the molecule is COc1ccc(C(C(=O)O)C2CCN(C)C2)cc1C. The first-order valence-electron chi connectivity index (χ1n) is 6.58. The van der Waals surface area contributed by atoms with Gasteiger partial charge in [0, 0.05) is 6.54 Å². The largest absolute Gasteiger partial charge is 0.496 e. The maximum absolute atomic E-state index is 11.6. The fourth-order valence-electron chi connectivity index (χ4n) is 2.95. The second-order valence-corrected chi connectivity index (χ2v) is 5.36. The van der Waals surface area contributed by atoms with Crippen LogP contribution in [0.5, 0.6) is 5.75 Å². The monoisotopic (exact) mass is 263 g/mol. The number of aryl methyl sites for hydroxylation is 1. The van der Waals surface area contributed by atoms with Gasteiger partial charge in [0.2, 0.25) is 0 Å².